The molecular weight excluding hydrogens is 138 g/mol. The van der Waals surface area contributed by atoms with Crippen LogP contribution in [0.5, 0.6) is 0 Å². The van der Waals surface area contributed by atoms with E-state index in [1.165, 1.54) is 5.56 Å². The zero-order chi connectivity index (χ0) is 8.43. The summed E-state index contributed by atoms with van der Waals surface area (Å²) in [6.07, 6.45) is 1.77. The molecule has 0 fully saturated rings. The van der Waals surface area contributed by atoms with E-state index in [2.05, 4.69) is 9.98 Å². The SMILES string of the molecule is CN=Cc1c(N)[nH]c(C)c1C. The Balaban J connectivity index is 3.22. The van der Waals surface area contributed by atoms with E-state index in [1.807, 2.05) is 13.8 Å². The first-order valence-electron chi connectivity index (χ1n) is 3.53. The van der Waals surface area contributed by atoms with Crippen molar-refractivity contribution in [2.24, 2.45) is 4.99 Å². The molecule has 3 nitrogen and oxygen atoms in total. The Morgan fingerprint density at radius 3 is 2.45 bits per heavy atom. The molecular formula is C8H13N3. The van der Waals surface area contributed by atoms with Crippen LogP contribution in [-0.4, -0.2) is 18.2 Å². The number of H-pyrrole nitrogens is 1. The molecule has 0 aromatic carbocycles. The lowest BCUT2D eigenvalue weighted by Gasteiger charge is -1.90. The van der Waals surface area contributed by atoms with Gasteiger partial charge in [0.15, 0.2) is 0 Å². The third kappa shape index (κ3) is 1.27. The average molecular weight is 151 g/mol. The quantitative estimate of drug-likeness (QED) is 0.583. The van der Waals surface area contributed by atoms with Crippen LogP contribution in [0.4, 0.5) is 5.82 Å². The second-order valence-corrected chi connectivity index (χ2v) is 2.59. The van der Waals surface area contributed by atoms with E-state index in [0.717, 1.165) is 11.3 Å². The van der Waals surface area contributed by atoms with Crippen molar-refractivity contribution in [1.82, 2.24) is 4.98 Å². The number of nitrogens with one attached hydrogen (secondary N) is 1. The predicted molar refractivity (Wildman–Crippen MR) is 48.2 cm³/mol. The van der Waals surface area contributed by atoms with Gasteiger partial charge in [-0.05, 0) is 19.4 Å². The second-order valence-electron chi connectivity index (χ2n) is 2.59. The van der Waals surface area contributed by atoms with E-state index in [0.29, 0.717) is 5.82 Å². The Bertz CT molecular complexity index is 284. The molecule has 1 aromatic heterocycles. The first-order valence-corrected chi connectivity index (χ1v) is 3.53. The van der Waals surface area contributed by atoms with Crippen LogP contribution in [0, 0.1) is 13.8 Å². The third-order valence-electron chi connectivity index (χ3n) is 1.84. The summed E-state index contributed by atoms with van der Waals surface area (Å²) in [6, 6.07) is 0. The number of anilines is 1. The molecule has 0 amide bonds. The van der Waals surface area contributed by atoms with Crippen LogP contribution in [0.15, 0.2) is 4.99 Å². The molecule has 0 saturated carbocycles. The molecule has 11 heavy (non-hydrogen) atoms. The zero-order valence-corrected chi connectivity index (χ0v) is 7.10. The Morgan fingerprint density at radius 1 is 1.45 bits per heavy atom. The number of nitrogens with two attached hydrogens (primary N) is 1. The summed E-state index contributed by atoms with van der Waals surface area (Å²) >= 11 is 0. The van der Waals surface area contributed by atoms with Crippen LogP contribution in [0.25, 0.3) is 0 Å². The zero-order valence-electron chi connectivity index (χ0n) is 7.10. The highest BCUT2D eigenvalue weighted by Crippen LogP contribution is 2.16. The van der Waals surface area contributed by atoms with Gasteiger partial charge in [-0.1, -0.05) is 0 Å². The van der Waals surface area contributed by atoms with Gasteiger partial charge in [0, 0.05) is 24.5 Å². The second kappa shape index (κ2) is 2.78. The fourth-order valence-corrected chi connectivity index (χ4v) is 1.06. The largest absolute Gasteiger partial charge is 0.385 e. The Kier molecular flexibility index (Phi) is 1.98. The van der Waals surface area contributed by atoms with Crippen molar-refractivity contribution in [3.8, 4) is 0 Å². The Hall–Kier alpha value is -1.25. The van der Waals surface area contributed by atoms with Crippen LogP contribution >= 0.6 is 0 Å². The molecule has 60 valence electrons. The first-order chi connectivity index (χ1) is 5.16. The van der Waals surface area contributed by atoms with Gasteiger partial charge in [0.05, 0.1) is 0 Å². The number of aliphatic imine (C=N–C) groups is 1. The summed E-state index contributed by atoms with van der Waals surface area (Å²) < 4.78 is 0. The van der Waals surface area contributed by atoms with Crippen molar-refractivity contribution in [3.05, 3.63) is 16.8 Å². The van der Waals surface area contributed by atoms with E-state index in [1.54, 1.807) is 13.3 Å². The van der Waals surface area contributed by atoms with Gasteiger partial charge in [0.1, 0.15) is 5.82 Å². The molecule has 0 aliphatic rings. The van der Waals surface area contributed by atoms with Gasteiger partial charge in [-0.2, -0.15) is 0 Å². The van der Waals surface area contributed by atoms with Crippen LogP contribution in [0.3, 0.4) is 0 Å². The highest BCUT2D eigenvalue weighted by Gasteiger charge is 2.05. The maximum Gasteiger partial charge on any atom is 0.110 e. The van der Waals surface area contributed by atoms with Gasteiger partial charge in [-0.15, -0.1) is 0 Å². The molecule has 1 aromatic rings. The van der Waals surface area contributed by atoms with Crippen molar-refractivity contribution in [2.45, 2.75) is 13.8 Å². The molecule has 3 N–H and O–H groups in total. The minimum absolute atomic E-state index is 0.700. The molecule has 0 bridgehead atoms. The number of nitrogen functional groups attached to an aromatic ring is 1. The summed E-state index contributed by atoms with van der Waals surface area (Å²) in [4.78, 5) is 6.96. The maximum atomic E-state index is 5.68. The number of hydrogen-bond acceptors (Lipinski definition) is 2. The number of aromatic amines is 1. The Morgan fingerprint density at radius 2 is 2.09 bits per heavy atom. The van der Waals surface area contributed by atoms with Crippen LogP contribution in [0.1, 0.15) is 16.8 Å². The van der Waals surface area contributed by atoms with Gasteiger partial charge in [-0.25, -0.2) is 0 Å². The third-order valence-corrected chi connectivity index (χ3v) is 1.84. The molecule has 0 aliphatic heterocycles. The van der Waals surface area contributed by atoms with E-state index in [4.69, 9.17) is 5.73 Å². The lowest BCUT2D eigenvalue weighted by molar-refractivity contribution is 1.23. The number of aromatic nitrogens is 1. The fraction of sp³-hybridized carbons (Fsp3) is 0.375. The number of aryl methyl sites for hydroxylation is 1. The lowest BCUT2D eigenvalue weighted by atomic mass is 10.2. The maximum absolute atomic E-state index is 5.68. The summed E-state index contributed by atoms with van der Waals surface area (Å²) in [5, 5.41) is 0. The summed E-state index contributed by atoms with van der Waals surface area (Å²) in [5.41, 5.74) is 8.97. The summed E-state index contributed by atoms with van der Waals surface area (Å²) in [5.74, 6) is 0.700. The molecule has 3 heteroatoms. The van der Waals surface area contributed by atoms with Gasteiger partial charge < -0.3 is 10.7 Å². The number of nitrogens with zero attached hydrogens (tertiary/aromatic N) is 1. The minimum Gasteiger partial charge on any atom is -0.385 e. The predicted octanol–water partition coefficient (Wildman–Crippen LogP) is 1.26. The van der Waals surface area contributed by atoms with Crippen molar-refractivity contribution in [1.29, 1.82) is 0 Å². The highest BCUT2D eigenvalue weighted by atomic mass is 14.9. The molecule has 0 aliphatic carbocycles. The Labute approximate surface area is 66.3 Å². The van der Waals surface area contributed by atoms with Crippen LogP contribution < -0.4 is 5.73 Å². The molecule has 0 saturated heterocycles. The molecule has 0 radical (unpaired) electrons. The number of hydrogen-bond donors (Lipinski definition) is 2. The van der Waals surface area contributed by atoms with Crippen molar-refractivity contribution in [2.75, 3.05) is 12.8 Å². The van der Waals surface area contributed by atoms with Crippen molar-refractivity contribution in [3.63, 3.8) is 0 Å². The molecule has 1 heterocycles. The van der Waals surface area contributed by atoms with Crippen LogP contribution in [-0.2, 0) is 0 Å². The normalized spacial score (nSPS) is 11.2. The molecule has 0 unspecified atom stereocenters. The van der Waals surface area contributed by atoms with E-state index < -0.39 is 0 Å². The highest BCUT2D eigenvalue weighted by molar-refractivity contribution is 5.88. The van der Waals surface area contributed by atoms with E-state index in [9.17, 15) is 0 Å². The summed E-state index contributed by atoms with van der Waals surface area (Å²) in [7, 11) is 1.74. The molecule has 0 spiro atoms. The fourth-order valence-electron chi connectivity index (χ4n) is 1.06. The standard InChI is InChI=1S/C8H13N3/c1-5-6(2)11-8(9)7(5)4-10-3/h4,11H,9H2,1-3H3. The van der Waals surface area contributed by atoms with Crippen LogP contribution in [0.2, 0.25) is 0 Å². The van der Waals surface area contributed by atoms with E-state index in [-0.39, 0.29) is 0 Å². The van der Waals surface area contributed by atoms with Gasteiger partial charge >= 0.3 is 0 Å². The van der Waals surface area contributed by atoms with Crippen molar-refractivity contribution < 1.29 is 0 Å². The van der Waals surface area contributed by atoms with Crippen molar-refractivity contribution >= 4 is 12.0 Å². The van der Waals surface area contributed by atoms with E-state index >= 15 is 0 Å². The smallest absolute Gasteiger partial charge is 0.110 e. The molecule has 0 atom stereocenters. The summed E-state index contributed by atoms with van der Waals surface area (Å²) in [6.45, 7) is 4.03. The average Bonchev–Trinajstić information content (AvgIpc) is 2.17. The number of rotatable bonds is 1. The molecule has 1 rings (SSSR count). The van der Waals surface area contributed by atoms with Gasteiger partial charge in [0.25, 0.3) is 0 Å². The minimum atomic E-state index is 0.700. The lowest BCUT2D eigenvalue weighted by Crippen LogP contribution is -1.90. The monoisotopic (exact) mass is 151 g/mol. The van der Waals surface area contributed by atoms with Gasteiger partial charge in [-0.3, -0.25) is 4.99 Å². The first kappa shape index (κ1) is 7.85. The van der Waals surface area contributed by atoms with Gasteiger partial charge in [0.2, 0.25) is 0 Å². The topological polar surface area (TPSA) is 54.2 Å².